The third-order valence-corrected chi connectivity index (χ3v) is 4.45. The molecule has 2 nitrogen and oxygen atoms in total. The van der Waals surface area contributed by atoms with Crippen molar-refractivity contribution < 1.29 is 33.7 Å². The number of nitrogens with zero attached hydrogens (tertiary/aromatic N) is 1. The van der Waals surface area contributed by atoms with Crippen LogP contribution in [0.3, 0.4) is 0 Å². The molecular weight excluding hydrogens is 421 g/mol. The van der Waals surface area contributed by atoms with Gasteiger partial charge in [0, 0.05) is 17.5 Å². The minimum Gasteiger partial charge on any atom is -1.00 e. The van der Waals surface area contributed by atoms with Gasteiger partial charge in [-0.2, -0.15) is 0 Å². The number of halogens is 1. The highest BCUT2D eigenvalue weighted by Gasteiger charge is 2.07. The van der Waals surface area contributed by atoms with Gasteiger partial charge in [-0.25, -0.2) is 4.57 Å². The molecule has 3 aromatic carbocycles. The number of phenols is 1. The maximum Gasteiger partial charge on any atom is 0.212 e. The van der Waals surface area contributed by atoms with E-state index in [1.54, 1.807) is 6.07 Å². The molecule has 0 spiro atoms. The molecule has 0 atom stereocenters. The summed E-state index contributed by atoms with van der Waals surface area (Å²) in [6.45, 7) is 0. The average Bonchev–Trinajstić information content (AvgIpc) is 2.63. The molecule has 25 heavy (non-hydrogen) atoms. The molecule has 0 saturated carbocycles. The van der Waals surface area contributed by atoms with Gasteiger partial charge in [-0.3, -0.25) is 0 Å². The molecule has 3 heteroatoms. The maximum atomic E-state index is 10.0. The molecule has 124 valence electrons. The number of hydrogen-bond acceptors (Lipinski definition) is 1. The molecule has 0 amide bonds. The van der Waals surface area contributed by atoms with E-state index in [0.29, 0.717) is 5.75 Å². The van der Waals surface area contributed by atoms with Gasteiger partial charge in [0.1, 0.15) is 12.8 Å². The number of pyridine rings is 1. The smallest absolute Gasteiger partial charge is 0.212 e. The Labute approximate surface area is 164 Å². The van der Waals surface area contributed by atoms with Crippen LogP contribution >= 0.6 is 0 Å². The second kappa shape index (κ2) is 7.23. The lowest BCUT2D eigenvalue weighted by Gasteiger charge is -2.05. The fraction of sp³-hybridized carbons (Fsp3) is 0.0455. The van der Waals surface area contributed by atoms with E-state index in [0.717, 1.165) is 16.3 Å². The summed E-state index contributed by atoms with van der Waals surface area (Å²) in [5, 5.41) is 13.2. The van der Waals surface area contributed by atoms with E-state index in [1.165, 1.54) is 16.5 Å². The Bertz CT molecular complexity index is 999. The van der Waals surface area contributed by atoms with E-state index in [-0.39, 0.29) is 24.0 Å². The zero-order valence-corrected chi connectivity index (χ0v) is 16.0. The van der Waals surface area contributed by atoms with E-state index in [4.69, 9.17) is 0 Å². The molecule has 1 heterocycles. The molecule has 0 bridgehead atoms. The summed E-state index contributed by atoms with van der Waals surface area (Å²) in [6, 6.07) is 22.2. The van der Waals surface area contributed by atoms with Crippen LogP contribution in [-0.2, 0) is 7.05 Å². The number of para-hydroxylation sites is 1. The number of benzene rings is 3. The van der Waals surface area contributed by atoms with Crippen LogP contribution < -0.4 is 28.5 Å². The molecule has 4 rings (SSSR count). The molecule has 1 N–H and O–H groups in total. The number of aromatic hydroxyl groups is 1. The lowest BCUT2D eigenvalue weighted by Crippen LogP contribution is -3.00. The van der Waals surface area contributed by atoms with Crippen molar-refractivity contribution >= 4 is 33.8 Å². The Balaban J connectivity index is 0.00000182. The summed E-state index contributed by atoms with van der Waals surface area (Å²) in [6.07, 6.45) is 6.33. The van der Waals surface area contributed by atoms with Gasteiger partial charge in [0.2, 0.25) is 5.52 Å². The van der Waals surface area contributed by atoms with Crippen molar-refractivity contribution in [2.75, 3.05) is 0 Å². The van der Waals surface area contributed by atoms with Crippen molar-refractivity contribution in [3.05, 3.63) is 84.1 Å². The Morgan fingerprint density at radius 3 is 2.08 bits per heavy atom. The average molecular weight is 439 g/mol. The molecule has 0 saturated heterocycles. The molecule has 0 fully saturated rings. The van der Waals surface area contributed by atoms with Crippen molar-refractivity contribution in [3.8, 4) is 5.75 Å². The molecular formula is C22H18INO. The van der Waals surface area contributed by atoms with Crippen LogP contribution in [0.15, 0.2) is 72.9 Å². The van der Waals surface area contributed by atoms with Crippen molar-refractivity contribution in [1.82, 2.24) is 0 Å². The molecule has 0 radical (unpaired) electrons. The van der Waals surface area contributed by atoms with Gasteiger partial charge in [-0.1, -0.05) is 54.6 Å². The zero-order chi connectivity index (χ0) is 16.5. The van der Waals surface area contributed by atoms with Crippen LogP contribution in [0.2, 0.25) is 0 Å². The fourth-order valence-corrected chi connectivity index (χ4v) is 3.16. The van der Waals surface area contributed by atoms with Crippen LogP contribution in [0.4, 0.5) is 0 Å². The van der Waals surface area contributed by atoms with E-state index in [1.807, 2.05) is 30.3 Å². The van der Waals surface area contributed by atoms with E-state index >= 15 is 0 Å². The highest BCUT2D eigenvalue weighted by Crippen LogP contribution is 2.29. The van der Waals surface area contributed by atoms with Crippen LogP contribution in [-0.4, -0.2) is 5.11 Å². The zero-order valence-electron chi connectivity index (χ0n) is 13.9. The third kappa shape index (κ3) is 3.24. The van der Waals surface area contributed by atoms with E-state index < -0.39 is 0 Å². The fourth-order valence-electron chi connectivity index (χ4n) is 3.16. The topological polar surface area (TPSA) is 24.1 Å². The van der Waals surface area contributed by atoms with Gasteiger partial charge in [-0.15, -0.1) is 0 Å². The summed E-state index contributed by atoms with van der Waals surface area (Å²) in [4.78, 5) is 0. The Morgan fingerprint density at radius 2 is 1.32 bits per heavy atom. The standard InChI is InChI=1S/C22H17NO.HI/c1-23-15-14-17(19-7-4-5-9-21(19)23)11-10-16-12-13-22(24)20-8-3-2-6-18(16)20;/h2-15H,1H3;1H. The second-order valence-corrected chi connectivity index (χ2v) is 5.95. The predicted octanol–water partition coefficient (Wildman–Crippen LogP) is 1.70. The normalized spacial score (nSPS) is 11.1. The van der Waals surface area contributed by atoms with Crippen LogP contribution in [0.1, 0.15) is 11.1 Å². The Hall–Kier alpha value is -2.40. The first-order valence-electron chi connectivity index (χ1n) is 8.00. The lowest BCUT2D eigenvalue weighted by molar-refractivity contribution is -0.644. The highest BCUT2D eigenvalue weighted by atomic mass is 127. The molecule has 0 aliphatic heterocycles. The summed E-state index contributed by atoms with van der Waals surface area (Å²) in [5.74, 6) is 0.319. The first kappa shape index (κ1) is 17.4. The number of phenolic OH excluding ortho intramolecular Hbond substituents is 1. The van der Waals surface area contributed by atoms with Crippen molar-refractivity contribution in [1.29, 1.82) is 0 Å². The van der Waals surface area contributed by atoms with Gasteiger partial charge in [0.15, 0.2) is 6.20 Å². The monoisotopic (exact) mass is 439 g/mol. The largest absolute Gasteiger partial charge is 1.00 e. The lowest BCUT2D eigenvalue weighted by atomic mass is 10.0. The number of aromatic nitrogens is 1. The number of fused-ring (bicyclic) bond motifs is 2. The van der Waals surface area contributed by atoms with Crippen molar-refractivity contribution in [2.24, 2.45) is 7.05 Å². The van der Waals surface area contributed by atoms with E-state index in [9.17, 15) is 5.11 Å². The SMILES string of the molecule is C[n+]1ccc(/C=C/c2ccc(O)c3ccccc23)c2ccccc21.[I-]. The van der Waals surface area contributed by atoms with E-state index in [2.05, 4.69) is 60.3 Å². The summed E-state index contributed by atoms with van der Waals surface area (Å²) >= 11 is 0. The minimum absolute atomic E-state index is 0. The molecule has 0 unspecified atom stereocenters. The summed E-state index contributed by atoms with van der Waals surface area (Å²) in [7, 11) is 2.06. The maximum absolute atomic E-state index is 10.0. The Morgan fingerprint density at radius 1 is 0.720 bits per heavy atom. The number of aryl methyl sites for hydroxylation is 1. The minimum atomic E-state index is 0. The quantitative estimate of drug-likeness (QED) is 0.373. The predicted molar refractivity (Wildman–Crippen MR) is 99.7 cm³/mol. The van der Waals surface area contributed by atoms with Crippen LogP contribution in [0.5, 0.6) is 5.75 Å². The summed E-state index contributed by atoms with van der Waals surface area (Å²) in [5.41, 5.74) is 3.48. The molecule has 0 aliphatic carbocycles. The Kier molecular flexibility index (Phi) is 5.04. The third-order valence-electron chi connectivity index (χ3n) is 4.45. The summed E-state index contributed by atoms with van der Waals surface area (Å²) < 4.78 is 2.13. The second-order valence-electron chi connectivity index (χ2n) is 5.95. The van der Waals surface area contributed by atoms with Gasteiger partial charge in [0.25, 0.3) is 0 Å². The molecule has 1 aromatic heterocycles. The first-order valence-corrected chi connectivity index (χ1v) is 8.00. The number of hydrogen-bond donors (Lipinski definition) is 1. The van der Waals surface area contributed by atoms with Crippen molar-refractivity contribution in [3.63, 3.8) is 0 Å². The number of rotatable bonds is 2. The van der Waals surface area contributed by atoms with Gasteiger partial charge < -0.3 is 29.1 Å². The van der Waals surface area contributed by atoms with Crippen LogP contribution in [0.25, 0.3) is 33.8 Å². The highest BCUT2D eigenvalue weighted by molar-refractivity contribution is 5.97. The van der Waals surface area contributed by atoms with Gasteiger partial charge in [-0.05, 0) is 28.6 Å². The van der Waals surface area contributed by atoms with Gasteiger partial charge >= 0.3 is 0 Å². The first-order chi connectivity index (χ1) is 11.7. The molecule has 0 aliphatic rings. The molecule has 4 aromatic rings. The van der Waals surface area contributed by atoms with Crippen LogP contribution in [0, 0.1) is 0 Å². The van der Waals surface area contributed by atoms with Gasteiger partial charge in [0.05, 0.1) is 5.39 Å². The van der Waals surface area contributed by atoms with Crippen molar-refractivity contribution in [2.45, 2.75) is 0 Å².